The molecule has 3 saturated carbocycles. The van der Waals surface area contributed by atoms with Gasteiger partial charge in [0.25, 0.3) is 0 Å². The molecule has 0 amide bonds. The van der Waals surface area contributed by atoms with E-state index in [0.717, 1.165) is 64.6 Å². The second kappa shape index (κ2) is 22.3. The Bertz CT molecular complexity index is 1120. The summed E-state index contributed by atoms with van der Waals surface area (Å²) in [6.07, 6.45) is 29.9. The standard InChI is InChI=1S/C44H72N2O6/c1-3-5-6-7-8-9-10-11-12-13-14-15-16-17-18-19-39(47)50-31-34(33-52-44(49)42-40-36-20-21-37(30-36)41(40)42)32-51-43(48)35-22-28-46(29-23-35)38-24-26-45(4-2)27-25-38/h8-9,11-12,34-38,40-42H,3-7,10,13-33H2,1-2H3/b9-8-,12-11-/t34?,36-,37+,40+,41-,42?. The molecule has 6 atom stereocenters. The summed E-state index contributed by atoms with van der Waals surface area (Å²) >= 11 is 0. The van der Waals surface area contributed by atoms with Crippen LogP contribution in [0.2, 0.25) is 0 Å². The third-order valence-corrected chi connectivity index (χ3v) is 13.1. The van der Waals surface area contributed by atoms with Crippen LogP contribution in [0.1, 0.15) is 136 Å². The minimum Gasteiger partial charge on any atom is -0.465 e. The summed E-state index contributed by atoms with van der Waals surface area (Å²) < 4.78 is 17.4. The Morgan fingerprint density at radius 3 is 1.90 bits per heavy atom. The molecule has 5 aliphatic rings. The molecule has 2 unspecified atom stereocenters. The van der Waals surface area contributed by atoms with Gasteiger partial charge in [-0.3, -0.25) is 14.4 Å². The average molecular weight is 725 g/mol. The number of carbonyl (C=O) groups excluding carboxylic acids is 3. The Hall–Kier alpha value is -2.19. The van der Waals surface area contributed by atoms with E-state index in [1.54, 1.807) is 0 Å². The molecule has 0 radical (unpaired) electrons. The van der Waals surface area contributed by atoms with Gasteiger partial charge in [-0.05, 0) is 140 Å². The molecule has 5 fully saturated rings. The molecule has 8 nitrogen and oxygen atoms in total. The molecular formula is C44H72N2O6. The third kappa shape index (κ3) is 12.7. The molecule has 0 aromatic carbocycles. The Labute approximate surface area is 315 Å². The maximum absolute atomic E-state index is 13.2. The highest BCUT2D eigenvalue weighted by molar-refractivity contribution is 5.77. The monoisotopic (exact) mass is 725 g/mol. The van der Waals surface area contributed by atoms with Gasteiger partial charge in [0.15, 0.2) is 0 Å². The molecule has 0 N–H and O–H groups in total. The van der Waals surface area contributed by atoms with Gasteiger partial charge in [0.2, 0.25) is 0 Å². The van der Waals surface area contributed by atoms with Gasteiger partial charge in [-0.25, -0.2) is 0 Å². The van der Waals surface area contributed by atoms with Crippen molar-refractivity contribution in [3.05, 3.63) is 24.3 Å². The fourth-order valence-electron chi connectivity index (χ4n) is 9.86. The number of piperidine rings is 2. The molecule has 0 spiro atoms. The van der Waals surface area contributed by atoms with Crippen molar-refractivity contribution < 1.29 is 28.6 Å². The van der Waals surface area contributed by atoms with Crippen LogP contribution in [0.15, 0.2) is 24.3 Å². The lowest BCUT2D eigenvalue weighted by molar-refractivity contribution is -0.157. The van der Waals surface area contributed by atoms with Gasteiger partial charge < -0.3 is 24.0 Å². The van der Waals surface area contributed by atoms with Gasteiger partial charge in [0.05, 0.1) is 17.8 Å². The van der Waals surface area contributed by atoms with Crippen LogP contribution >= 0.6 is 0 Å². The van der Waals surface area contributed by atoms with E-state index in [4.69, 9.17) is 14.2 Å². The first-order chi connectivity index (χ1) is 25.5. The summed E-state index contributed by atoms with van der Waals surface area (Å²) in [5.74, 6) is 1.57. The third-order valence-electron chi connectivity index (χ3n) is 13.1. The van der Waals surface area contributed by atoms with E-state index in [9.17, 15) is 14.4 Å². The van der Waals surface area contributed by atoms with Gasteiger partial charge in [-0.15, -0.1) is 0 Å². The van der Waals surface area contributed by atoms with Crippen LogP contribution in [0.5, 0.6) is 0 Å². The Kier molecular flexibility index (Phi) is 17.5. The van der Waals surface area contributed by atoms with E-state index in [-0.39, 0.29) is 55.5 Å². The lowest BCUT2D eigenvalue weighted by Crippen LogP contribution is -2.48. The number of hydrogen-bond acceptors (Lipinski definition) is 8. The zero-order valence-electron chi connectivity index (χ0n) is 32.9. The Morgan fingerprint density at radius 2 is 1.25 bits per heavy atom. The maximum atomic E-state index is 13.2. The molecule has 2 aliphatic heterocycles. The van der Waals surface area contributed by atoms with Gasteiger partial charge in [0.1, 0.15) is 19.8 Å². The van der Waals surface area contributed by atoms with E-state index >= 15 is 0 Å². The lowest BCUT2D eigenvalue weighted by Gasteiger charge is -2.41. The average Bonchev–Trinajstić information content (AvgIpc) is 3.61. The van der Waals surface area contributed by atoms with E-state index in [1.807, 2.05) is 0 Å². The van der Waals surface area contributed by atoms with Crippen molar-refractivity contribution in [2.75, 3.05) is 52.5 Å². The molecule has 52 heavy (non-hydrogen) atoms. The molecule has 5 rings (SSSR count). The van der Waals surface area contributed by atoms with Crippen molar-refractivity contribution in [3.63, 3.8) is 0 Å². The number of fused-ring (bicyclic) bond motifs is 5. The summed E-state index contributed by atoms with van der Waals surface area (Å²) in [7, 11) is 0. The van der Waals surface area contributed by atoms with E-state index in [0.29, 0.717) is 36.1 Å². The Balaban J connectivity index is 0.957. The van der Waals surface area contributed by atoms with Crippen LogP contribution in [0.3, 0.4) is 0 Å². The van der Waals surface area contributed by atoms with Crippen molar-refractivity contribution in [1.29, 1.82) is 0 Å². The molecule has 8 heteroatoms. The lowest BCUT2D eigenvalue weighted by atomic mass is 9.93. The number of allylic oxidation sites excluding steroid dienone is 4. The number of carbonyl (C=O) groups is 3. The predicted molar refractivity (Wildman–Crippen MR) is 206 cm³/mol. The number of ether oxygens (including phenoxy) is 3. The number of nitrogens with zero attached hydrogens (tertiary/aromatic N) is 2. The topological polar surface area (TPSA) is 85.4 Å². The second-order valence-corrected chi connectivity index (χ2v) is 16.8. The van der Waals surface area contributed by atoms with E-state index in [1.165, 1.54) is 83.7 Å². The van der Waals surface area contributed by atoms with Crippen LogP contribution in [0.25, 0.3) is 0 Å². The molecule has 0 aromatic rings. The fourth-order valence-corrected chi connectivity index (χ4v) is 9.86. The van der Waals surface area contributed by atoms with E-state index in [2.05, 4.69) is 48.0 Å². The van der Waals surface area contributed by atoms with Gasteiger partial charge in [-0.1, -0.05) is 70.3 Å². The number of unbranched alkanes of at least 4 members (excludes halogenated alkanes) is 8. The Morgan fingerprint density at radius 1 is 0.654 bits per heavy atom. The highest BCUT2D eigenvalue weighted by atomic mass is 16.6. The number of likely N-dealkylation sites (tertiary alicyclic amines) is 2. The van der Waals surface area contributed by atoms with Crippen LogP contribution < -0.4 is 0 Å². The van der Waals surface area contributed by atoms with Crippen LogP contribution in [0, 0.1) is 41.4 Å². The molecule has 294 valence electrons. The first-order valence-corrected chi connectivity index (χ1v) is 21.7. The fraction of sp³-hybridized carbons (Fsp3) is 0.841. The molecule has 2 bridgehead atoms. The normalized spacial score (nSPS) is 27.3. The minimum absolute atomic E-state index is 0.0506. The zero-order valence-corrected chi connectivity index (χ0v) is 32.9. The van der Waals surface area contributed by atoms with Gasteiger partial charge in [-0.2, -0.15) is 0 Å². The summed E-state index contributed by atoms with van der Waals surface area (Å²) in [5, 5.41) is 0. The largest absolute Gasteiger partial charge is 0.465 e. The van der Waals surface area contributed by atoms with Crippen LogP contribution in [-0.2, 0) is 28.6 Å². The van der Waals surface area contributed by atoms with Gasteiger partial charge >= 0.3 is 17.9 Å². The molecular weight excluding hydrogens is 652 g/mol. The first-order valence-electron chi connectivity index (χ1n) is 21.7. The molecule has 3 aliphatic carbocycles. The maximum Gasteiger partial charge on any atom is 0.309 e. The predicted octanol–water partition coefficient (Wildman–Crippen LogP) is 8.53. The zero-order chi connectivity index (χ0) is 36.5. The summed E-state index contributed by atoms with van der Waals surface area (Å²) in [4.78, 5) is 44.0. The van der Waals surface area contributed by atoms with Crippen molar-refractivity contribution in [2.45, 2.75) is 142 Å². The quantitative estimate of drug-likeness (QED) is 0.0424. The summed E-state index contributed by atoms with van der Waals surface area (Å²) in [6.45, 7) is 10.2. The number of rotatable bonds is 24. The highest BCUT2D eigenvalue weighted by Gasteiger charge is 2.68. The second-order valence-electron chi connectivity index (χ2n) is 16.8. The van der Waals surface area contributed by atoms with Crippen molar-refractivity contribution in [1.82, 2.24) is 9.80 Å². The minimum atomic E-state index is -0.347. The van der Waals surface area contributed by atoms with Crippen LogP contribution in [0.4, 0.5) is 0 Å². The molecule has 2 heterocycles. The van der Waals surface area contributed by atoms with Gasteiger partial charge in [0, 0.05) is 12.5 Å². The number of hydrogen-bond donors (Lipinski definition) is 0. The van der Waals surface area contributed by atoms with Crippen molar-refractivity contribution in [2.24, 2.45) is 41.4 Å². The summed E-state index contributed by atoms with van der Waals surface area (Å²) in [6, 6.07) is 0.625. The smallest absolute Gasteiger partial charge is 0.309 e. The first kappa shape index (κ1) is 41.0. The highest BCUT2D eigenvalue weighted by Crippen LogP contribution is 2.69. The van der Waals surface area contributed by atoms with Crippen molar-refractivity contribution >= 4 is 17.9 Å². The van der Waals surface area contributed by atoms with E-state index < -0.39 is 0 Å². The molecule has 0 aromatic heterocycles. The summed E-state index contributed by atoms with van der Waals surface area (Å²) in [5.41, 5.74) is 0. The SMILES string of the molecule is CCCCC/C=C\C/C=C\CCCCCCCC(=O)OCC(COC(=O)C1CCN(C2CCN(CC)CC2)CC1)COC(=O)C1[C@@H]2[C@H]3CC[C@H](C3)[C@H]12. The van der Waals surface area contributed by atoms with Crippen molar-refractivity contribution in [3.8, 4) is 0 Å². The number of esters is 3. The van der Waals surface area contributed by atoms with Crippen LogP contribution in [-0.4, -0.2) is 86.3 Å². The molecule has 2 saturated heterocycles.